The number of carboxylic acids is 1. The molecule has 0 amide bonds. The molecule has 5 nitrogen and oxygen atoms in total. The Hall–Kier alpha value is -2.51. The molecule has 0 unspecified atom stereocenters. The number of aryl methyl sites for hydroxylation is 1. The van der Waals surface area contributed by atoms with E-state index in [9.17, 15) is 19.1 Å². The molecule has 0 spiro atoms. The summed E-state index contributed by atoms with van der Waals surface area (Å²) in [7, 11) is 0. The van der Waals surface area contributed by atoms with E-state index in [1.165, 1.54) is 37.3 Å². The Bertz CT molecular complexity index is 1040. The molecule has 2 heterocycles. The van der Waals surface area contributed by atoms with Crippen LogP contribution >= 0.6 is 22.9 Å². The first kappa shape index (κ1) is 16.4. The minimum absolute atomic E-state index is 0.0428. The van der Waals surface area contributed by atoms with Gasteiger partial charge in [-0.3, -0.25) is 4.79 Å². The van der Waals surface area contributed by atoms with Crippen LogP contribution in [-0.2, 0) is 0 Å². The molecule has 0 atom stereocenters. The summed E-state index contributed by atoms with van der Waals surface area (Å²) in [4.78, 5) is 30.3. The summed E-state index contributed by atoms with van der Waals surface area (Å²) < 4.78 is 12.9. The van der Waals surface area contributed by atoms with Crippen molar-refractivity contribution in [3.8, 4) is 0 Å². The van der Waals surface area contributed by atoms with E-state index >= 15 is 0 Å². The number of rotatable bonds is 3. The van der Waals surface area contributed by atoms with E-state index in [4.69, 9.17) is 11.6 Å². The summed E-state index contributed by atoms with van der Waals surface area (Å²) in [6.45, 7) is 1.52. The maximum atomic E-state index is 12.9. The Labute approximate surface area is 144 Å². The number of hydrogen-bond acceptors (Lipinski definition) is 5. The van der Waals surface area contributed by atoms with Crippen LogP contribution in [0, 0.1) is 12.7 Å². The number of thiophene rings is 1. The van der Waals surface area contributed by atoms with Crippen molar-refractivity contribution < 1.29 is 14.3 Å². The number of aromatic carboxylic acids is 1. The number of nitrogens with zero attached hydrogens (tertiary/aromatic N) is 1. The predicted molar refractivity (Wildman–Crippen MR) is 89.4 cm³/mol. The standard InChI is InChI=1S/C16H10ClFN2O3S/c1-7-11-14(21)19-13(20-15(11)24-12(7)16(22)23)10(17)6-8-2-4-9(18)5-3-8/h2-6H,1H3,(H,22,23)(H,19,20,21)/p-1/b10-6-. The molecule has 122 valence electrons. The Balaban J connectivity index is 2.11. The van der Waals surface area contributed by atoms with Gasteiger partial charge in [-0.1, -0.05) is 23.7 Å². The van der Waals surface area contributed by atoms with E-state index < -0.39 is 11.5 Å². The zero-order valence-electron chi connectivity index (χ0n) is 12.2. The van der Waals surface area contributed by atoms with Gasteiger partial charge in [0.05, 0.1) is 21.3 Å². The predicted octanol–water partition coefficient (Wildman–Crippen LogP) is 2.53. The van der Waals surface area contributed by atoms with Gasteiger partial charge in [0.15, 0.2) is 5.82 Å². The number of fused-ring (bicyclic) bond motifs is 1. The number of benzene rings is 1. The second kappa shape index (κ2) is 6.18. The summed E-state index contributed by atoms with van der Waals surface area (Å²) in [6, 6.07) is 5.62. The molecular formula is C16H9ClFN2O3S-. The van der Waals surface area contributed by atoms with E-state index in [0.717, 1.165) is 11.3 Å². The van der Waals surface area contributed by atoms with Gasteiger partial charge in [0, 0.05) is 0 Å². The fraction of sp³-hybridized carbons (Fsp3) is 0.0625. The van der Waals surface area contributed by atoms with E-state index in [2.05, 4.69) is 9.97 Å². The molecular weight excluding hydrogens is 355 g/mol. The Morgan fingerprint density at radius 1 is 1.38 bits per heavy atom. The highest BCUT2D eigenvalue weighted by molar-refractivity contribution is 7.20. The van der Waals surface area contributed by atoms with Crippen LogP contribution in [0.4, 0.5) is 4.39 Å². The second-order valence-electron chi connectivity index (χ2n) is 4.98. The first-order valence-corrected chi connectivity index (χ1v) is 7.94. The number of aromatic amines is 1. The van der Waals surface area contributed by atoms with E-state index in [0.29, 0.717) is 11.1 Å². The topological polar surface area (TPSA) is 85.9 Å². The summed E-state index contributed by atoms with van der Waals surface area (Å²) in [6.07, 6.45) is 1.52. The van der Waals surface area contributed by atoms with Crippen molar-refractivity contribution in [3.05, 3.63) is 62.3 Å². The molecule has 0 radical (unpaired) electrons. The van der Waals surface area contributed by atoms with Crippen LogP contribution in [0.3, 0.4) is 0 Å². The lowest BCUT2D eigenvalue weighted by molar-refractivity contribution is -0.254. The van der Waals surface area contributed by atoms with Crippen LogP contribution in [0.2, 0.25) is 0 Å². The molecule has 8 heteroatoms. The number of carbonyl (C=O) groups is 1. The number of halogens is 2. The third-order valence-corrected chi connectivity index (χ3v) is 4.83. The van der Waals surface area contributed by atoms with Gasteiger partial charge in [-0.15, -0.1) is 11.3 Å². The quantitative estimate of drug-likeness (QED) is 0.774. The lowest BCUT2D eigenvalue weighted by atomic mass is 10.2. The second-order valence-corrected chi connectivity index (χ2v) is 6.39. The van der Waals surface area contributed by atoms with Crippen LogP contribution < -0.4 is 10.7 Å². The normalized spacial score (nSPS) is 11.9. The maximum absolute atomic E-state index is 12.9. The molecule has 3 rings (SSSR count). The van der Waals surface area contributed by atoms with Gasteiger partial charge < -0.3 is 14.9 Å². The molecule has 0 saturated carbocycles. The van der Waals surface area contributed by atoms with Crippen LogP contribution in [-0.4, -0.2) is 15.9 Å². The SMILES string of the molecule is Cc1c(C(=O)[O-])sc2nc(/C(Cl)=C/c3ccc(F)cc3)[nH]c(=O)c12. The zero-order chi connectivity index (χ0) is 17.4. The van der Waals surface area contributed by atoms with Gasteiger partial charge >= 0.3 is 0 Å². The highest BCUT2D eigenvalue weighted by Gasteiger charge is 2.15. The minimum Gasteiger partial charge on any atom is -0.544 e. The van der Waals surface area contributed by atoms with Crippen molar-refractivity contribution in [2.75, 3.05) is 0 Å². The fourth-order valence-corrected chi connectivity index (χ4v) is 3.46. The molecule has 2 aromatic heterocycles. The van der Waals surface area contributed by atoms with E-state index in [1.54, 1.807) is 0 Å². The summed E-state index contributed by atoms with van der Waals surface area (Å²) in [5.74, 6) is -1.63. The molecule has 0 aliphatic carbocycles. The molecule has 0 saturated heterocycles. The van der Waals surface area contributed by atoms with Gasteiger partial charge in [0.1, 0.15) is 10.6 Å². The molecule has 0 fully saturated rings. The highest BCUT2D eigenvalue weighted by atomic mass is 35.5. The summed E-state index contributed by atoms with van der Waals surface area (Å²) >= 11 is 7.03. The monoisotopic (exact) mass is 363 g/mol. The van der Waals surface area contributed by atoms with Gasteiger partial charge in [-0.05, 0) is 36.3 Å². The third kappa shape index (κ3) is 2.95. The summed E-state index contributed by atoms with van der Waals surface area (Å²) in [5, 5.41) is 11.4. The smallest absolute Gasteiger partial charge is 0.260 e. The van der Waals surface area contributed by atoms with Crippen LogP contribution in [0.15, 0.2) is 29.1 Å². The molecule has 0 aliphatic heterocycles. The summed E-state index contributed by atoms with van der Waals surface area (Å²) in [5.41, 5.74) is 0.456. The number of hydrogen-bond donors (Lipinski definition) is 1. The lowest BCUT2D eigenvalue weighted by Gasteiger charge is -2.00. The largest absolute Gasteiger partial charge is 0.544 e. The van der Waals surface area contributed by atoms with Crippen LogP contribution in [0.5, 0.6) is 0 Å². The van der Waals surface area contributed by atoms with Crippen LogP contribution in [0.25, 0.3) is 21.3 Å². The molecule has 1 N–H and O–H groups in total. The number of carboxylic acid groups (broad SMARTS) is 1. The van der Waals surface area contributed by atoms with Crippen molar-refractivity contribution >= 4 is 50.2 Å². The first-order valence-electron chi connectivity index (χ1n) is 6.74. The van der Waals surface area contributed by atoms with Crippen molar-refractivity contribution in [3.63, 3.8) is 0 Å². The van der Waals surface area contributed by atoms with Crippen molar-refractivity contribution in [1.82, 2.24) is 9.97 Å². The zero-order valence-corrected chi connectivity index (χ0v) is 13.8. The molecule has 0 bridgehead atoms. The minimum atomic E-state index is -1.36. The third-order valence-electron chi connectivity index (χ3n) is 3.38. The Kier molecular flexibility index (Phi) is 4.21. The molecule has 1 aromatic carbocycles. The number of aromatic nitrogens is 2. The molecule has 24 heavy (non-hydrogen) atoms. The van der Waals surface area contributed by atoms with Gasteiger partial charge in [0.2, 0.25) is 0 Å². The van der Waals surface area contributed by atoms with Crippen molar-refractivity contribution in [2.45, 2.75) is 6.92 Å². The van der Waals surface area contributed by atoms with E-state index in [-0.39, 0.29) is 31.8 Å². The van der Waals surface area contributed by atoms with E-state index in [1.807, 2.05) is 0 Å². The van der Waals surface area contributed by atoms with Crippen LogP contribution in [0.1, 0.15) is 26.6 Å². The van der Waals surface area contributed by atoms with Gasteiger partial charge in [-0.2, -0.15) is 0 Å². The number of carbonyl (C=O) groups excluding carboxylic acids is 1. The lowest BCUT2D eigenvalue weighted by Crippen LogP contribution is -2.21. The maximum Gasteiger partial charge on any atom is 0.260 e. The van der Waals surface area contributed by atoms with Crippen molar-refractivity contribution in [1.29, 1.82) is 0 Å². The van der Waals surface area contributed by atoms with Gasteiger partial charge in [0.25, 0.3) is 5.56 Å². The average molecular weight is 364 g/mol. The molecule has 0 aliphatic rings. The first-order chi connectivity index (χ1) is 11.4. The Morgan fingerprint density at radius 3 is 2.67 bits per heavy atom. The number of H-pyrrole nitrogens is 1. The van der Waals surface area contributed by atoms with Crippen molar-refractivity contribution in [2.24, 2.45) is 0 Å². The Morgan fingerprint density at radius 2 is 2.04 bits per heavy atom. The molecule has 3 aromatic rings. The number of nitrogens with one attached hydrogen (secondary N) is 1. The van der Waals surface area contributed by atoms with Gasteiger partial charge in [-0.25, -0.2) is 9.37 Å². The average Bonchev–Trinajstić information content (AvgIpc) is 2.87. The fourth-order valence-electron chi connectivity index (χ4n) is 2.23. The highest BCUT2D eigenvalue weighted by Crippen LogP contribution is 2.28.